The molecule has 1 N–H and O–H groups in total. The normalized spacial score (nSPS) is 11.1. The number of amides is 1. The maximum atomic E-state index is 12.5. The van der Waals surface area contributed by atoms with Gasteiger partial charge >= 0.3 is 0 Å². The van der Waals surface area contributed by atoms with Gasteiger partial charge in [0.05, 0.1) is 10.6 Å². The molecule has 2 aromatic carbocycles. The van der Waals surface area contributed by atoms with Crippen molar-refractivity contribution >= 4 is 38.0 Å². The summed E-state index contributed by atoms with van der Waals surface area (Å²) in [6, 6.07) is 14.6. The summed E-state index contributed by atoms with van der Waals surface area (Å²) in [6.07, 6.45) is 0. The van der Waals surface area contributed by atoms with Crippen LogP contribution in [-0.2, 0) is 15.6 Å². The monoisotopic (exact) mass is 400 g/mol. The van der Waals surface area contributed by atoms with Gasteiger partial charge < -0.3 is 0 Å². The number of aromatic nitrogens is 1. The van der Waals surface area contributed by atoms with E-state index in [2.05, 4.69) is 10.3 Å². The summed E-state index contributed by atoms with van der Waals surface area (Å²) in [6.45, 7) is 1.40. The smallest absolute Gasteiger partial charge is 0.257 e. The van der Waals surface area contributed by atoms with Crippen molar-refractivity contribution in [2.75, 3.05) is 5.32 Å². The Balaban J connectivity index is 1.76. The van der Waals surface area contributed by atoms with Crippen molar-refractivity contribution in [3.63, 3.8) is 0 Å². The number of carbonyl (C=O) groups excluding carboxylic acids is 2. The first-order valence-electron chi connectivity index (χ1n) is 8.00. The third-order valence-corrected chi connectivity index (χ3v) is 6.20. The van der Waals surface area contributed by atoms with Gasteiger partial charge in [-0.15, -0.1) is 11.3 Å². The molecule has 3 rings (SSSR count). The Bertz CT molecular complexity index is 1090. The Morgan fingerprint density at radius 1 is 1.07 bits per heavy atom. The number of thiazole rings is 1. The minimum absolute atomic E-state index is 0.181. The number of nitrogens with one attached hydrogen (secondary N) is 1. The lowest BCUT2D eigenvalue weighted by Crippen LogP contribution is -2.13. The van der Waals surface area contributed by atoms with Gasteiger partial charge in [-0.05, 0) is 29.8 Å². The second kappa shape index (κ2) is 7.81. The number of sulfone groups is 1. The van der Waals surface area contributed by atoms with Crippen molar-refractivity contribution < 1.29 is 18.0 Å². The van der Waals surface area contributed by atoms with Crippen molar-refractivity contribution in [3.05, 3.63) is 76.8 Å². The van der Waals surface area contributed by atoms with Crippen LogP contribution in [0.2, 0.25) is 0 Å². The van der Waals surface area contributed by atoms with Crippen LogP contribution in [-0.4, -0.2) is 25.1 Å². The molecule has 0 saturated heterocycles. The Labute approximate surface area is 160 Å². The van der Waals surface area contributed by atoms with Crippen molar-refractivity contribution in [2.45, 2.75) is 17.6 Å². The van der Waals surface area contributed by atoms with Crippen molar-refractivity contribution in [1.29, 1.82) is 0 Å². The number of anilines is 1. The Morgan fingerprint density at radius 3 is 2.48 bits per heavy atom. The number of Topliss-reactive ketones (excluding diaryl/α,β-unsaturated/α-hetero) is 1. The zero-order valence-corrected chi connectivity index (χ0v) is 16.0. The quantitative estimate of drug-likeness (QED) is 0.639. The topological polar surface area (TPSA) is 93.2 Å². The Morgan fingerprint density at radius 2 is 1.81 bits per heavy atom. The highest BCUT2D eigenvalue weighted by Gasteiger charge is 2.16. The standard InChI is InChI=1S/C19H16N2O4S2/c1-13(22)17-11-26-19(20-17)21-18(23)15-7-5-6-14(10-15)12-27(24,25)16-8-3-2-4-9-16/h2-11H,12H2,1H3,(H,20,21,23). The van der Waals surface area contributed by atoms with Gasteiger partial charge in [0.2, 0.25) is 0 Å². The highest BCUT2D eigenvalue weighted by atomic mass is 32.2. The van der Waals surface area contributed by atoms with Crippen molar-refractivity contribution in [3.8, 4) is 0 Å². The average molecular weight is 400 g/mol. The fourth-order valence-corrected chi connectivity index (χ4v) is 4.50. The van der Waals surface area contributed by atoms with Crippen molar-refractivity contribution in [2.24, 2.45) is 0 Å². The van der Waals surface area contributed by atoms with Crippen LogP contribution in [0, 0.1) is 0 Å². The Hall–Kier alpha value is -2.84. The molecule has 0 atom stereocenters. The lowest BCUT2D eigenvalue weighted by atomic mass is 10.1. The van der Waals surface area contributed by atoms with E-state index in [1.165, 1.54) is 13.0 Å². The van der Waals surface area contributed by atoms with Gasteiger partial charge in [-0.25, -0.2) is 13.4 Å². The van der Waals surface area contributed by atoms with Gasteiger partial charge in [-0.2, -0.15) is 0 Å². The van der Waals surface area contributed by atoms with Gasteiger partial charge in [0.25, 0.3) is 5.91 Å². The molecule has 0 aliphatic rings. The second-order valence-corrected chi connectivity index (χ2v) is 8.67. The van der Waals surface area contributed by atoms with Crippen LogP contribution in [0.5, 0.6) is 0 Å². The average Bonchev–Trinajstić information content (AvgIpc) is 3.11. The zero-order chi connectivity index (χ0) is 19.4. The summed E-state index contributed by atoms with van der Waals surface area (Å²) < 4.78 is 25.0. The van der Waals surface area contributed by atoms with Gasteiger partial charge in [0.1, 0.15) is 5.69 Å². The SMILES string of the molecule is CC(=O)c1csc(NC(=O)c2cccc(CS(=O)(=O)c3ccccc3)c2)n1. The summed E-state index contributed by atoms with van der Waals surface area (Å²) in [5.74, 6) is -0.803. The first kappa shape index (κ1) is 18.9. The minimum Gasteiger partial charge on any atom is -0.298 e. The van der Waals surface area contributed by atoms with Crippen LogP contribution in [0.15, 0.2) is 64.9 Å². The number of carbonyl (C=O) groups is 2. The predicted molar refractivity (Wildman–Crippen MR) is 104 cm³/mol. The molecule has 138 valence electrons. The van der Waals surface area contributed by atoms with Crippen molar-refractivity contribution in [1.82, 2.24) is 4.98 Å². The summed E-state index contributed by atoms with van der Waals surface area (Å²) >= 11 is 1.15. The highest BCUT2D eigenvalue weighted by molar-refractivity contribution is 7.90. The number of ketones is 1. The van der Waals surface area contributed by atoms with Crippen LogP contribution in [0.3, 0.4) is 0 Å². The number of hydrogen-bond donors (Lipinski definition) is 1. The third kappa shape index (κ3) is 4.66. The minimum atomic E-state index is -3.50. The van der Waals surface area contributed by atoms with Crippen LogP contribution in [0.1, 0.15) is 33.3 Å². The Kier molecular flexibility index (Phi) is 5.48. The molecule has 0 aliphatic carbocycles. The molecule has 1 aromatic heterocycles. The molecule has 0 spiro atoms. The summed E-state index contributed by atoms with van der Waals surface area (Å²) in [5, 5.41) is 4.50. The van der Waals surface area contributed by atoms with Gasteiger partial charge in [0.15, 0.2) is 20.8 Å². The molecule has 0 aliphatic heterocycles. The molecule has 3 aromatic rings. The molecule has 1 amide bonds. The molecule has 6 nitrogen and oxygen atoms in total. The van der Waals surface area contributed by atoms with E-state index in [-0.39, 0.29) is 22.1 Å². The fourth-order valence-electron chi connectivity index (χ4n) is 2.40. The van der Waals surface area contributed by atoms with E-state index in [1.54, 1.807) is 53.9 Å². The van der Waals surface area contributed by atoms with E-state index in [4.69, 9.17) is 0 Å². The van der Waals surface area contributed by atoms with Crippen LogP contribution in [0.4, 0.5) is 5.13 Å². The molecule has 0 saturated carbocycles. The van der Waals surface area contributed by atoms with E-state index < -0.39 is 15.7 Å². The number of nitrogens with zero attached hydrogens (tertiary/aromatic N) is 1. The molecule has 0 fully saturated rings. The first-order valence-corrected chi connectivity index (χ1v) is 10.5. The van der Waals surface area contributed by atoms with Crippen LogP contribution < -0.4 is 5.32 Å². The lowest BCUT2D eigenvalue weighted by Gasteiger charge is -2.07. The maximum Gasteiger partial charge on any atom is 0.257 e. The van der Waals surface area contributed by atoms with E-state index in [0.717, 1.165) is 11.3 Å². The van der Waals surface area contributed by atoms with Gasteiger partial charge in [0, 0.05) is 17.9 Å². The predicted octanol–water partition coefficient (Wildman–Crippen LogP) is 3.57. The van der Waals surface area contributed by atoms with Gasteiger partial charge in [-0.1, -0.05) is 30.3 Å². The summed E-state index contributed by atoms with van der Waals surface area (Å²) in [5.41, 5.74) is 1.11. The molecule has 1 heterocycles. The number of benzene rings is 2. The van der Waals surface area contributed by atoms with E-state index in [1.807, 2.05) is 0 Å². The van der Waals surface area contributed by atoms with Crippen LogP contribution >= 0.6 is 11.3 Å². The largest absolute Gasteiger partial charge is 0.298 e. The first-order chi connectivity index (χ1) is 12.8. The zero-order valence-electron chi connectivity index (χ0n) is 14.4. The molecule has 27 heavy (non-hydrogen) atoms. The molecule has 8 heteroatoms. The second-order valence-electron chi connectivity index (χ2n) is 5.82. The summed E-state index contributed by atoms with van der Waals surface area (Å²) in [7, 11) is -3.50. The lowest BCUT2D eigenvalue weighted by molar-refractivity contribution is 0.100. The van der Waals surface area contributed by atoms with E-state index >= 15 is 0 Å². The van der Waals surface area contributed by atoms with Gasteiger partial charge in [-0.3, -0.25) is 14.9 Å². The molecular weight excluding hydrogens is 384 g/mol. The molecule has 0 bridgehead atoms. The molecule has 0 unspecified atom stereocenters. The third-order valence-electron chi connectivity index (χ3n) is 3.73. The molecular formula is C19H16N2O4S2. The van der Waals surface area contributed by atoms with E-state index in [0.29, 0.717) is 16.3 Å². The van der Waals surface area contributed by atoms with E-state index in [9.17, 15) is 18.0 Å². The fraction of sp³-hybridized carbons (Fsp3) is 0.105. The summed E-state index contributed by atoms with van der Waals surface area (Å²) in [4.78, 5) is 28.0. The number of hydrogen-bond acceptors (Lipinski definition) is 6. The maximum absolute atomic E-state index is 12.5. The molecule has 0 radical (unpaired) electrons. The van der Waals surface area contributed by atoms with Crippen LogP contribution in [0.25, 0.3) is 0 Å². The number of rotatable bonds is 6. The highest BCUT2D eigenvalue weighted by Crippen LogP contribution is 2.19.